The van der Waals surface area contributed by atoms with Crippen molar-refractivity contribution in [3.63, 3.8) is 0 Å². The second-order valence-corrected chi connectivity index (χ2v) is 6.27. The maximum atomic E-state index is 3.60. The van der Waals surface area contributed by atoms with E-state index in [9.17, 15) is 0 Å². The fourth-order valence-electron chi connectivity index (χ4n) is 2.96. The van der Waals surface area contributed by atoms with Gasteiger partial charge in [0.1, 0.15) is 0 Å². The van der Waals surface area contributed by atoms with Gasteiger partial charge in [-0.05, 0) is 90.4 Å². The van der Waals surface area contributed by atoms with Crippen LogP contribution in [0.2, 0.25) is 0 Å². The average Bonchev–Trinajstić information content (AvgIpc) is 3.01. The van der Waals surface area contributed by atoms with Gasteiger partial charge in [-0.1, -0.05) is 19.8 Å². The molecule has 0 heterocycles. The van der Waals surface area contributed by atoms with E-state index in [-0.39, 0.29) is 67.9 Å². The van der Waals surface area contributed by atoms with Crippen molar-refractivity contribution >= 4 is 67.9 Å². The lowest BCUT2D eigenvalue weighted by atomic mass is 10.1. The van der Waals surface area contributed by atoms with Crippen LogP contribution in [-0.4, -0.2) is 52.4 Å². The molecular formula is C17H42Br4N4. The van der Waals surface area contributed by atoms with Crippen molar-refractivity contribution in [2.45, 2.75) is 51.9 Å². The van der Waals surface area contributed by atoms with E-state index in [4.69, 9.17) is 0 Å². The Bertz CT molecular complexity index is 221. The molecule has 1 saturated carbocycles. The summed E-state index contributed by atoms with van der Waals surface area (Å²) < 4.78 is 0. The summed E-state index contributed by atoms with van der Waals surface area (Å²) in [6, 6.07) is 0. The van der Waals surface area contributed by atoms with E-state index >= 15 is 0 Å². The van der Waals surface area contributed by atoms with E-state index < -0.39 is 0 Å². The van der Waals surface area contributed by atoms with E-state index in [2.05, 4.69) is 28.2 Å². The zero-order valence-corrected chi connectivity index (χ0v) is 22.7. The minimum absolute atomic E-state index is 0. The Morgan fingerprint density at radius 1 is 0.600 bits per heavy atom. The molecule has 4 N–H and O–H groups in total. The van der Waals surface area contributed by atoms with Crippen molar-refractivity contribution in [1.29, 1.82) is 0 Å². The van der Waals surface area contributed by atoms with Gasteiger partial charge in [0.05, 0.1) is 0 Å². The molecule has 0 saturated heterocycles. The summed E-state index contributed by atoms with van der Waals surface area (Å²) in [5.41, 5.74) is 0. The van der Waals surface area contributed by atoms with Crippen molar-refractivity contribution in [1.82, 2.24) is 21.3 Å². The molecule has 0 bridgehead atoms. The fourth-order valence-corrected chi connectivity index (χ4v) is 2.96. The smallest absolute Gasteiger partial charge is 0.00205 e. The molecule has 0 spiro atoms. The van der Waals surface area contributed by atoms with Gasteiger partial charge in [0.25, 0.3) is 0 Å². The summed E-state index contributed by atoms with van der Waals surface area (Å²) in [5.74, 6) is 0.969. The van der Waals surface area contributed by atoms with Crippen molar-refractivity contribution in [2.75, 3.05) is 52.4 Å². The highest BCUT2D eigenvalue weighted by atomic mass is 79.9. The molecule has 0 aromatic carbocycles. The first-order valence-electron chi connectivity index (χ1n) is 9.26. The molecule has 1 rings (SSSR count). The zero-order valence-electron chi connectivity index (χ0n) is 15.8. The second kappa shape index (κ2) is 28.0. The van der Waals surface area contributed by atoms with Crippen molar-refractivity contribution < 1.29 is 0 Å². The minimum Gasteiger partial charge on any atom is -0.317 e. The van der Waals surface area contributed by atoms with Crippen molar-refractivity contribution in [3.05, 3.63) is 0 Å². The molecule has 4 nitrogen and oxygen atoms in total. The van der Waals surface area contributed by atoms with Gasteiger partial charge >= 0.3 is 0 Å². The second-order valence-electron chi connectivity index (χ2n) is 6.27. The first-order valence-corrected chi connectivity index (χ1v) is 9.26. The van der Waals surface area contributed by atoms with Crippen LogP contribution in [0.3, 0.4) is 0 Å². The standard InChI is InChI=1S/C17H38N4.4BrH/c1-2-18-10-5-11-19-12-6-13-20-14-7-15-21-16-17-8-3-4-9-17;;;;/h17-21H,2-16H2,1H3;4*1H. The summed E-state index contributed by atoms with van der Waals surface area (Å²) in [5, 5.41) is 14.0. The summed E-state index contributed by atoms with van der Waals surface area (Å²) >= 11 is 0. The van der Waals surface area contributed by atoms with E-state index in [0.717, 1.165) is 45.2 Å². The molecule has 0 radical (unpaired) electrons. The molecule has 1 aliphatic rings. The van der Waals surface area contributed by atoms with Crippen LogP contribution in [-0.2, 0) is 0 Å². The monoisotopic (exact) mass is 618 g/mol. The topological polar surface area (TPSA) is 48.1 Å². The van der Waals surface area contributed by atoms with E-state index in [1.165, 1.54) is 58.0 Å². The SMILES string of the molecule is Br.Br.Br.Br.CCNCCCNCCCNCCCNCC1CCCC1. The predicted octanol–water partition coefficient (Wildman–Crippen LogP) is 4.04. The Morgan fingerprint density at radius 2 is 1.00 bits per heavy atom. The maximum absolute atomic E-state index is 3.60. The van der Waals surface area contributed by atoms with Crippen LogP contribution >= 0.6 is 67.9 Å². The van der Waals surface area contributed by atoms with Crippen molar-refractivity contribution in [2.24, 2.45) is 5.92 Å². The minimum atomic E-state index is 0. The molecule has 25 heavy (non-hydrogen) atoms. The van der Waals surface area contributed by atoms with Crippen molar-refractivity contribution in [3.8, 4) is 0 Å². The van der Waals surface area contributed by atoms with Gasteiger partial charge < -0.3 is 21.3 Å². The van der Waals surface area contributed by atoms with Gasteiger partial charge in [0, 0.05) is 0 Å². The highest BCUT2D eigenvalue weighted by Gasteiger charge is 2.13. The first-order chi connectivity index (χ1) is 10.4. The maximum Gasteiger partial charge on any atom is -0.00205 e. The quantitative estimate of drug-likeness (QED) is 0.209. The van der Waals surface area contributed by atoms with Crippen LogP contribution in [0.1, 0.15) is 51.9 Å². The molecule has 1 aliphatic carbocycles. The average molecular weight is 622 g/mol. The number of nitrogens with one attached hydrogen (secondary N) is 4. The Labute approximate surface area is 198 Å². The van der Waals surface area contributed by atoms with E-state index in [0.29, 0.717) is 0 Å². The number of hydrogen-bond acceptors (Lipinski definition) is 4. The Hall–Kier alpha value is 1.76. The molecule has 8 heteroatoms. The molecule has 0 aromatic rings. The third-order valence-corrected chi connectivity index (χ3v) is 4.28. The lowest BCUT2D eigenvalue weighted by Gasteiger charge is -2.10. The number of rotatable bonds is 15. The summed E-state index contributed by atoms with van der Waals surface area (Å²) in [4.78, 5) is 0. The Morgan fingerprint density at radius 3 is 1.44 bits per heavy atom. The lowest BCUT2D eigenvalue weighted by Crippen LogP contribution is -2.27. The summed E-state index contributed by atoms with van der Waals surface area (Å²) in [6.45, 7) is 11.4. The Kier molecular flexibility index (Phi) is 38.4. The highest BCUT2D eigenvalue weighted by Crippen LogP contribution is 2.23. The molecule has 0 aromatic heterocycles. The van der Waals surface area contributed by atoms with Gasteiger partial charge in [0.15, 0.2) is 0 Å². The van der Waals surface area contributed by atoms with Gasteiger partial charge in [-0.3, -0.25) is 0 Å². The van der Waals surface area contributed by atoms with E-state index in [1.807, 2.05) is 0 Å². The lowest BCUT2D eigenvalue weighted by molar-refractivity contribution is 0.479. The van der Waals surface area contributed by atoms with Gasteiger partial charge in [-0.2, -0.15) is 0 Å². The van der Waals surface area contributed by atoms with Gasteiger partial charge in [-0.25, -0.2) is 0 Å². The van der Waals surface area contributed by atoms with E-state index in [1.54, 1.807) is 0 Å². The highest BCUT2D eigenvalue weighted by molar-refractivity contribution is 8.93. The number of halogens is 4. The van der Waals surface area contributed by atoms with Crippen LogP contribution in [0.5, 0.6) is 0 Å². The molecule has 0 atom stereocenters. The van der Waals surface area contributed by atoms with Crippen LogP contribution in [0, 0.1) is 5.92 Å². The largest absolute Gasteiger partial charge is 0.317 e. The zero-order chi connectivity index (χ0) is 15.0. The van der Waals surface area contributed by atoms with Crippen LogP contribution in [0.4, 0.5) is 0 Å². The van der Waals surface area contributed by atoms with Gasteiger partial charge in [-0.15, -0.1) is 67.9 Å². The van der Waals surface area contributed by atoms with Gasteiger partial charge in [0.2, 0.25) is 0 Å². The molecule has 1 fully saturated rings. The first kappa shape index (κ1) is 34.3. The Balaban J connectivity index is -0.000000551. The predicted molar refractivity (Wildman–Crippen MR) is 134 cm³/mol. The summed E-state index contributed by atoms with van der Waals surface area (Å²) in [7, 11) is 0. The molecule has 158 valence electrons. The van der Waals surface area contributed by atoms with Crippen LogP contribution < -0.4 is 21.3 Å². The fraction of sp³-hybridized carbons (Fsp3) is 1.00. The normalized spacial score (nSPS) is 13.3. The molecule has 0 aliphatic heterocycles. The molecule has 0 amide bonds. The molecular weight excluding hydrogens is 580 g/mol. The third kappa shape index (κ3) is 23.7. The summed E-state index contributed by atoms with van der Waals surface area (Å²) in [6.07, 6.45) is 9.53. The molecule has 0 unspecified atom stereocenters. The van der Waals surface area contributed by atoms with Crippen LogP contribution in [0.25, 0.3) is 0 Å². The third-order valence-electron chi connectivity index (χ3n) is 4.28. The number of hydrogen-bond donors (Lipinski definition) is 4. The van der Waals surface area contributed by atoms with Crippen LogP contribution in [0.15, 0.2) is 0 Å².